The first-order chi connectivity index (χ1) is 35.5. The molecule has 9 N–H and O–H groups in total. The zero-order valence-electron chi connectivity index (χ0n) is 45.4. The summed E-state index contributed by atoms with van der Waals surface area (Å²) in [6.45, 7) is 17.0. The van der Waals surface area contributed by atoms with Crippen molar-refractivity contribution in [3.63, 3.8) is 0 Å². The Balaban J connectivity index is 0.000000361. The van der Waals surface area contributed by atoms with Crippen molar-refractivity contribution in [1.82, 2.24) is 51.9 Å². The summed E-state index contributed by atoms with van der Waals surface area (Å²) < 4.78 is 0. The number of dihydropyridines is 1. The third-order valence-corrected chi connectivity index (χ3v) is 14.1. The van der Waals surface area contributed by atoms with E-state index in [1.807, 2.05) is 26.8 Å². The summed E-state index contributed by atoms with van der Waals surface area (Å²) in [4.78, 5) is 107. The van der Waals surface area contributed by atoms with E-state index in [-0.39, 0.29) is 74.4 Å². The van der Waals surface area contributed by atoms with Crippen molar-refractivity contribution in [1.29, 1.82) is 0 Å². The third-order valence-electron chi connectivity index (χ3n) is 14.1. The van der Waals surface area contributed by atoms with Gasteiger partial charge in [0.2, 0.25) is 35.9 Å². The molecule has 0 bridgehead atoms. The number of likely N-dealkylation sites (tertiary alicyclic amines) is 1. The number of aryl methyl sites for hydroxylation is 3. The van der Waals surface area contributed by atoms with Gasteiger partial charge in [0.1, 0.15) is 29.5 Å². The predicted molar refractivity (Wildman–Crippen MR) is 288 cm³/mol. The van der Waals surface area contributed by atoms with Crippen LogP contribution in [0.1, 0.15) is 109 Å². The van der Waals surface area contributed by atoms with E-state index in [0.29, 0.717) is 5.57 Å². The molecule has 0 spiro atoms. The lowest BCUT2D eigenvalue weighted by molar-refractivity contribution is -0.143. The Morgan fingerprint density at radius 1 is 0.787 bits per heavy atom. The molecule has 3 heterocycles. The van der Waals surface area contributed by atoms with Crippen LogP contribution in [0.4, 0.5) is 0 Å². The molecule has 2 fully saturated rings. The minimum atomic E-state index is -1.03. The maximum atomic E-state index is 13.8. The number of carbonyl (C=O) groups excluding carboxylic acids is 8. The number of likely N-dealkylation sites (N-methyl/N-ethyl adjacent to an activating group) is 2. The van der Waals surface area contributed by atoms with Crippen molar-refractivity contribution in [3.8, 4) is 0 Å². The molecule has 7 rings (SSSR count). The molecular weight excluding hydrogens is 955 g/mol. The van der Waals surface area contributed by atoms with Crippen LogP contribution in [0.3, 0.4) is 0 Å². The van der Waals surface area contributed by atoms with E-state index < -0.39 is 64.7 Å². The number of hydrogen-bond acceptors (Lipinski definition) is 11. The number of benzene rings is 2. The first-order valence-electron chi connectivity index (χ1n) is 26.1. The SMILES string of the molecule is C=C1C=C(C(=O)NC2CC(C(N)=O)N(C(=O)[C@@H](NC(=O)C(C)NC)C(C)(C)C)C2)NC(C(=O)N2CCN(C(=O)C(NC(=O)CNC)C(C)(C)C)C2)=C1.O=CNC1CCCc2ccccc21.c1ccc2c(c1)CCCC2. The van der Waals surface area contributed by atoms with Crippen LogP contribution < -0.4 is 43.0 Å². The summed E-state index contributed by atoms with van der Waals surface area (Å²) in [6, 6.07) is 13.3. The Labute approximate surface area is 442 Å². The molecule has 2 aliphatic carbocycles. The van der Waals surface area contributed by atoms with Crippen molar-refractivity contribution < 1.29 is 38.4 Å². The summed E-state index contributed by atoms with van der Waals surface area (Å²) in [5.41, 5.74) is 10.7. The molecule has 5 unspecified atom stereocenters. The maximum Gasteiger partial charge on any atom is 0.271 e. The zero-order chi connectivity index (χ0) is 55.2. The molecule has 2 aromatic carbocycles. The number of amides is 8. The highest BCUT2D eigenvalue weighted by Crippen LogP contribution is 2.30. The van der Waals surface area contributed by atoms with Gasteiger partial charge in [-0.05, 0) is 123 Å². The van der Waals surface area contributed by atoms with Crippen LogP contribution in [0, 0.1) is 10.8 Å². The average Bonchev–Trinajstić information content (AvgIpc) is 4.05. The lowest BCUT2D eigenvalue weighted by Gasteiger charge is -2.35. The Hall–Kier alpha value is -6.86. The van der Waals surface area contributed by atoms with Gasteiger partial charge >= 0.3 is 0 Å². The van der Waals surface area contributed by atoms with Gasteiger partial charge < -0.3 is 57.7 Å². The smallest absolute Gasteiger partial charge is 0.271 e. The Morgan fingerprint density at radius 3 is 1.95 bits per heavy atom. The first kappa shape index (κ1) is 59.0. The zero-order valence-corrected chi connectivity index (χ0v) is 45.4. The van der Waals surface area contributed by atoms with E-state index in [1.54, 1.807) is 52.9 Å². The van der Waals surface area contributed by atoms with Gasteiger partial charge in [-0.15, -0.1) is 0 Å². The molecule has 75 heavy (non-hydrogen) atoms. The molecule has 0 saturated carbocycles. The molecule has 6 atom stereocenters. The molecule has 5 aliphatic rings. The first-order valence-corrected chi connectivity index (χ1v) is 26.1. The fourth-order valence-corrected chi connectivity index (χ4v) is 9.79. The van der Waals surface area contributed by atoms with E-state index in [1.165, 1.54) is 70.1 Å². The highest BCUT2D eigenvalue weighted by molar-refractivity contribution is 6.01. The largest absolute Gasteiger partial charge is 0.368 e. The Bertz CT molecular complexity index is 2470. The van der Waals surface area contributed by atoms with Gasteiger partial charge in [0.15, 0.2) is 0 Å². The monoisotopic (exact) mass is 1040 g/mol. The van der Waals surface area contributed by atoms with Gasteiger partial charge in [0.05, 0.1) is 25.3 Å². The topological polar surface area (TPSA) is 257 Å². The quantitative estimate of drug-likeness (QED) is 0.128. The fraction of sp³-hybridized carbons (Fsp3) is 0.536. The maximum absolute atomic E-state index is 13.8. The van der Waals surface area contributed by atoms with E-state index in [4.69, 9.17) is 5.73 Å². The lowest BCUT2D eigenvalue weighted by Crippen LogP contribution is -2.59. The highest BCUT2D eigenvalue weighted by Gasteiger charge is 2.45. The van der Waals surface area contributed by atoms with Crippen molar-refractivity contribution >= 4 is 47.8 Å². The second kappa shape index (κ2) is 26.6. The van der Waals surface area contributed by atoms with Gasteiger partial charge in [0.25, 0.3) is 11.8 Å². The highest BCUT2D eigenvalue weighted by atomic mass is 16.2. The van der Waals surface area contributed by atoms with Gasteiger partial charge in [-0.2, -0.15) is 0 Å². The number of allylic oxidation sites excluding steroid dienone is 3. The van der Waals surface area contributed by atoms with Crippen LogP contribution in [-0.4, -0.2) is 140 Å². The van der Waals surface area contributed by atoms with E-state index in [9.17, 15) is 38.4 Å². The van der Waals surface area contributed by atoms with Crippen LogP contribution >= 0.6 is 0 Å². The molecule has 19 heteroatoms. The number of carbonyl (C=O) groups is 8. The van der Waals surface area contributed by atoms with E-state index in [2.05, 4.69) is 86.3 Å². The molecular formula is C56H81N11O8. The minimum Gasteiger partial charge on any atom is -0.368 e. The molecule has 19 nitrogen and oxygen atoms in total. The van der Waals surface area contributed by atoms with Crippen LogP contribution in [0.2, 0.25) is 0 Å². The molecule has 2 aromatic rings. The molecule has 3 aliphatic heterocycles. The number of fused-ring (bicyclic) bond motifs is 2. The minimum absolute atomic E-state index is 0.0179. The standard InChI is InChI=1S/C35H56N10O7.C11H13NO.C10H12/c1-19-13-22(40-23(14-19)31(50)43-11-12-44(18-43)32(51)26(34(3,4)5)41-25(46)16-37-9)30(49)39-21-15-24(28(36)47)45(17-21)33(52)27(35(6,7)8)42-29(48)20(2)38-10;13-8-12-11-7-3-5-9-4-1-2-6-10(9)11;1-2-6-10-8-4-3-7-9(10)5-1/h13-14,20-21,24,26-27,37-38,40H,1,11-12,15-18H2,2-10H3,(H2,36,47)(H,39,49)(H,41,46)(H,42,48);1-2,4,6,8,11H,3,5,7H2,(H,12,13);1-2,5-6H,3-4,7-8H2/t20?,21?,24?,26?,27-;;/m1../s1. The predicted octanol–water partition coefficient (Wildman–Crippen LogP) is 2.38. The van der Waals surface area contributed by atoms with Crippen molar-refractivity contribution in [2.24, 2.45) is 16.6 Å². The summed E-state index contributed by atoms with van der Waals surface area (Å²) >= 11 is 0. The molecule has 408 valence electrons. The van der Waals surface area contributed by atoms with Gasteiger partial charge in [-0.25, -0.2) is 0 Å². The Morgan fingerprint density at radius 2 is 1.36 bits per heavy atom. The third kappa shape index (κ3) is 16.1. The molecule has 0 radical (unpaired) electrons. The van der Waals surface area contributed by atoms with Crippen LogP contribution in [0.15, 0.2) is 84.2 Å². The molecule has 8 amide bonds. The van der Waals surface area contributed by atoms with Crippen LogP contribution in [-0.2, 0) is 57.6 Å². The van der Waals surface area contributed by atoms with Crippen LogP contribution in [0.5, 0.6) is 0 Å². The average molecular weight is 1040 g/mol. The number of nitrogens with one attached hydrogen (secondary N) is 7. The Kier molecular flexibility index (Phi) is 20.9. The number of hydrogen-bond donors (Lipinski definition) is 8. The summed E-state index contributed by atoms with van der Waals surface area (Å²) in [5.74, 6) is -3.35. The van der Waals surface area contributed by atoms with E-state index in [0.717, 1.165) is 19.3 Å². The van der Waals surface area contributed by atoms with Crippen molar-refractivity contribution in [2.45, 2.75) is 136 Å². The molecule has 2 saturated heterocycles. The van der Waals surface area contributed by atoms with Gasteiger partial charge in [0, 0.05) is 25.7 Å². The normalized spacial score (nSPS) is 20.3. The number of primary amides is 1. The van der Waals surface area contributed by atoms with Gasteiger partial charge in [-0.1, -0.05) is 96.7 Å². The van der Waals surface area contributed by atoms with Gasteiger partial charge in [-0.3, -0.25) is 38.4 Å². The second-order valence-corrected chi connectivity index (χ2v) is 22.1. The summed E-state index contributed by atoms with van der Waals surface area (Å²) in [6.07, 6.45) is 12.6. The second-order valence-electron chi connectivity index (χ2n) is 22.1. The van der Waals surface area contributed by atoms with Crippen LogP contribution in [0.25, 0.3) is 0 Å². The number of nitrogens with zero attached hydrogens (tertiary/aromatic N) is 3. The van der Waals surface area contributed by atoms with E-state index >= 15 is 0 Å². The fourth-order valence-electron chi connectivity index (χ4n) is 9.79. The number of nitrogens with two attached hydrogens (primary N) is 1. The van der Waals surface area contributed by atoms with Crippen molar-refractivity contribution in [3.05, 3.63) is 106 Å². The summed E-state index contributed by atoms with van der Waals surface area (Å²) in [7, 11) is 3.26. The van der Waals surface area contributed by atoms with Crippen molar-refractivity contribution in [2.75, 3.05) is 46.9 Å². The number of rotatable bonds is 14. The summed E-state index contributed by atoms with van der Waals surface area (Å²) in [5, 5.41) is 19.7. The molecule has 0 aromatic heterocycles. The lowest BCUT2D eigenvalue weighted by atomic mass is 9.85.